The number of anilines is 2. The first kappa shape index (κ1) is 26.2. The van der Waals surface area contributed by atoms with E-state index in [0.717, 1.165) is 37.0 Å². The van der Waals surface area contributed by atoms with Gasteiger partial charge in [-0.1, -0.05) is 38.5 Å². The first-order valence-electron chi connectivity index (χ1n) is 12.5. The molecule has 0 fully saturated rings. The zero-order chi connectivity index (χ0) is 26.3. The Hall–Kier alpha value is -3.85. The molecule has 2 aromatic carbocycles. The molecule has 8 nitrogen and oxygen atoms in total. The lowest BCUT2D eigenvalue weighted by Gasteiger charge is -2.26. The van der Waals surface area contributed by atoms with E-state index in [9.17, 15) is 13.2 Å². The number of sulfonamides is 1. The van der Waals surface area contributed by atoms with E-state index in [2.05, 4.69) is 26.8 Å². The summed E-state index contributed by atoms with van der Waals surface area (Å²) in [6.07, 6.45) is 5.90. The van der Waals surface area contributed by atoms with Crippen LogP contribution in [0.5, 0.6) is 0 Å². The number of hydrogen-bond donors (Lipinski definition) is 2. The van der Waals surface area contributed by atoms with E-state index in [1.807, 2.05) is 31.2 Å². The molecule has 0 saturated heterocycles. The summed E-state index contributed by atoms with van der Waals surface area (Å²) in [5.74, 6) is 0.523. The highest BCUT2D eigenvalue weighted by Crippen LogP contribution is 2.29. The molecule has 9 heteroatoms. The second kappa shape index (κ2) is 11.9. The first-order valence-corrected chi connectivity index (χ1v) is 14.0. The maximum Gasteiger partial charge on any atom is 0.264 e. The number of unbranched alkanes of at least 4 members (excludes halogenated alkanes) is 1. The van der Waals surface area contributed by atoms with Crippen LogP contribution in [-0.4, -0.2) is 32.4 Å². The Morgan fingerprint density at radius 1 is 1.03 bits per heavy atom. The van der Waals surface area contributed by atoms with E-state index in [1.54, 1.807) is 42.8 Å². The summed E-state index contributed by atoms with van der Waals surface area (Å²) in [6, 6.07) is 17.4. The Bertz CT molecular complexity index is 1450. The van der Waals surface area contributed by atoms with Crippen LogP contribution in [-0.2, 0) is 16.6 Å². The van der Waals surface area contributed by atoms with E-state index < -0.39 is 10.0 Å². The summed E-state index contributed by atoms with van der Waals surface area (Å²) in [7, 11) is -3.96. The Kier molecular flexibility index (Phi) is 8.45. The molecule has 0 unspecified atom stereocenters. The van der Waals surface area contributed by atoms with Crippen molar-refractivity contribution in [1.82, 2.24) is 10.3 Å². The molecule has 0 aliphatic rings. The normalized spacial score (nSPS) is 11.4. The minimum Gasteiger partial charge on any atom is -0.467 e. The third-order valence-electron chi connectivity index (χ3n) is 5.96. The molecular weight excluding hydrogens is 488 g/mol. The average molecular weight is 521 g/mol. The van der Waals surface area contributed by atoms with Crippen LogP contribution in [0, 0.1) is 0 Å². The van der Waals surface area contributed by atoms with Crippen molar-refractivity contribution < 1.29 is 17.6 Å². The maximum absolute atomic E-state index is 13.4. The predicted octanol–water partition coefficient (Wildman–Crippen LogP) is 5.58. The SMILES string of the molecule is CCCCN(Cc1ccco1)c1ccc(NS(=O)(=O)c2cccc3cccnc23)cc1C(=O)NCCC. The number of benzene rings is 2. The molecule has 2 heterocycles. The van der Waals surface area contributed by atoms with Gasteiger partial charge in [0.15, 0.2) is 0 Å². The molecule has 0 bridgehead atoms. The maximum atomic E-state index is 13.4. The number of furan rings is 1. The van der Waals surface area contributed by atoms with E-state index in [0.29, 0.717) is 35.5 Å². The van der Waals surface area contributed by atoms with Gasteiger partial charge in [-0.15, -0.1) is 0 Å². The number of nitrogens with one attached hydrogen (secondary N) is 2. The molecule has 4 aromatic rings. The van der Waals surface area contributed by atoms with Crippen LogP contribution in [0.25, 0.3) is 10.9 Å². The molecule has 4 rings (SSSR count). The van der Waals surface area contributed by atoms with Crippen LogP contribution in [0.1, 0.15) is 49.2 Å². The number of hydrogen-bond acceptors (Lipinski definition) is 6. The highest BCUT2D eigenvalue weighted by atomic mass is 32.2. The van der Waals surface area contributed by atoms with Crippen LogP contribution in [0.3, 0.4) is 0 Å². The molecule has 0 radical (unpaired) electrons. The van der Waals surface area contributed by atoms with E-state index in [4.69, 9.17) is 4.42 Å². The number of carbonyl (C=O) groups is 1. The number of fused-ring (bicyclic) bond motifs is 1. The molecule has 0 spiro atoms. The summed E-state index contributed by atoms with van der Waals surface area (Å²) in [5.41, 5.74) is 1.80. The second-order valence-corrected chi connectivity index (χ2v) is 10.4. The summed E-state index contributed by atoms with van der Waals surface area (Å²) in [5, 5.41) is 3.66. The smallest absolute Gasteiger partial charge is 0.264 e. The van der Waals surface area contributed by atoms with Crippen molar-refractivity contribution in [3.05, 3.63) is 84.4 Å². The minimum atomic E-state index is -3.96. The Morgan fingerprint density at radius 3 is 2.62 bits per heavy atom. The average Bonchev–Trinajstić information content (AvgIpc) is 3.42. The highest BCUT2D eigenvalue weighted by molar-refractivity contribution is 7.93. The molecule has 2 N–H and O–H groups in total. The van der Waals surface area contributed by atoms with Gasteiger partial charge in [0.05, 0.1) is 29.6 Å². The predicted molar refractivity (Wildman–Crippen MR) is 146 cm³/mol. The minimum absolute atomic E-state index is 0.0778. The number of nitrogens with zero attached hydrogens (tertiary/aromatic N) is 2. The van der Waals surface area contributed by atoms with E-state index in [1.165, 1.54) is 6.07 Å². The standard InChI is InChI=1S/C28H32N4O4S/c1-3-5-17-32(20-23-11-8-18-36-23)25-14-13-22(19-24(25)28(33)30-15-4-2)31-37(34,35)26-12-6-9-21-10-7-16-29-27(21)26/h6-14,16,18-19,31H,3-5,15,17,20H2,1-2H3,(H,30,33). The highest BCUT2D eigenvalue weighted by Gasteiger charge is 2.22. The molecule has 194 valence electrons. The fourth-order valence-electron chi connectivity index (χ4n) is 4.12. The van der Waals surface area contributed by atoms with Crippen molar-refractivity contribution in [2.45, 2.75) is 44.6 Å². The number of carbonyl (C=O) groups excluding carboxylic acids is 1. The Labute approximate surface area is 217 Å². The van der Waals surface area contributed by atoms with Gasteiger partial charge in [0.2, 0.25) is 0 Å². The summed E-state index contributed by atoms with van der Waals surface area (Å²) in [6.45, 7) is 5.82. The largest absolute Gasteiger partial charge is 0.467 e. The van der Waals surface area contributed by atoms with Gasteiger partial charge in [0, 0.05) is 30.4 Å². The molecule has 0 aliphatic heterocycles. The van der Waals surface area contributed by atoms with E-state index >= 15 is 0 Å². The monoisotopic (exact) mass is 520 g/mol. The van der Waals surface area contributed by atoms with Crippen LogP contribution in [0.4, 0.5) is 11.4 Å². The van der Waals surface area contributed by atoms with Crippen molar-refractivity contribution in [3.8, 4) is 0 Å². The van der Waals surface area contributed by atoms with Crippen molar-refractivity contribution in [3.63, 3.8) is 0 Å². The fraction of sp³-hybridized carbons (Fsp3) is 0.286. The van der Waals surface area contributed by atoms with Crippen molar-refractivity contribution in [2.75, 3.05) is 22.7 Å². The number of pyridine rings is 1. The molecule has 37 heavy (non-hydrogen) atoms. The summed E-state index contributed by atoms with van der Waals surface area (Å²) in [4.78, 5) is 19.7. The quantitative estimate of drug-likeness (QED) is 0.253. The number of para-hydroxylation sites is 1. The number of aromatic nitrogens is 1. The molecule has 0 atom stereocenters. The third kappa shape index (κ3) is 6.29. The topological polar surface area (TPSA) is 105 Å². The van der Waals surface area contributed by atoms with Gasteiger partial charge in [-0.2, -0.15) is 0 Å². The molecule has 0 aliphatic carbocycles. The molecular formula is C28H32N4O4S. The van der Waals surface area contributed by atoms with Crippen molar-refractivity contribution in [1.29, 1.82) is 0 Å². The fourth-order valence-corrected chi connectivity index (χ4v) is 5.35. The Morgan fingerprint density at radius 2 is 1.86 bits per heavy atom. The number of amides is 1. The van der Waals surface area contributed by atoms with Gasteiger partial charge in [0.1, 0.15) is 10.7 Å². The van der Waals surface area contributed by atoms with Crippen molar-refractivity contribution >= 4 is 38.2 Å². The van der Waals surface area contributed by atoms with Crippen LogP contribution in [0.15, 0.2) is 82.4 Å². The van der Waals surface area contributed by atoms with Gasteiger partial charge >= 0.3 is 0 Å². The Balaban J connectivity index is 1.71. The van der Waals surface area contributed by atoms with Gasteiger partial charge in [-0.25, -0.2) is 8.42 Å². The molecule has 2 aromatic heterocycles. The van der Waals surface area contributed by atoms with Gasteiger partial charge < -0.3 is 14.6 Å². The molecule has 1 amide bonds. The first-order chi connectivity index (χ1) is 17.9. The lowest BCUT2D eigenvalue weighted by molar-refractivity contribution is 0.0954. The third-order valence-corrected chi connectivity index (χ3v) is 7.38. The van der Waals surface area contributed by atoms with Gasteiger partial charge in [0.25, 0.3) is 15.9 Å². The lowest BCUT2D eigenvalue weighted by atomic mass is 10.1. The van der Waals surface area contributed by atoms with Crippen LogP contribution in [0.2, 0.25) is 0 Å². The lowest BCUT2D eigenvalue weighted by Crippen LogP contribution is -2.30. The summed E-state index contributed by atoms with van der Waals surface area (Å²) >= 11 is 0. The zero-order valence-electron chi connectivity index (χ0n) is 21.1. The van der Waals surface area contributed by atoms with Crippen LogP contribution >= 0.6 is 0 Å². The van der Waals surface area contributed by atoms with Crippen molar-refractivity contribution in [2.24, 2.45) is 0 Å². The second-order valence-electron chi connectivity index (χ2n) is 8.78. The molecule has 0 saturated carbocycles. The number of rotatable bonds is 12. The van der Waals surface area contributed by atoms with Gasteiger partial charge in [-0.05, 0) is 55.3 Å². The van der Waals surface area contributed by atoms with E-state index in [-0.39, 0.29) is 10.8 Å². The zero-order valence-corrected chi connectivity index (χ0v) is 21.9. The van der Waals surface area contributed by atoms with Gasteiger partial charge in [-0.3, -0.25) is 14.5 Å². The summed E-state index contributed by atoms with van der Waals surface area (Å²) < 4.78 is 34.9. The van der Waals surface area contributed by atoms with Crippen LogP contribution < -0.4 is 14.9 Å².